The molecule has 29 heavy (non-hydrogen) atoms. The summed E-state index contributed by atoms with van der Waals surface area (Å²) in [5.74, 6) is 0.578. The van der Waals surface area contributed by atoms with Gasteiger partial charge in [0.2, 0.25) is 0 Å². The lowest BCUT2D eigenvalue weighted by Crippen LogP contribution is -2.44. The van der Waals surface area contributed by atoms with Gasteiger partial charge >= 0.3 is 0 Å². The molecule has 1 saturated heterocycles. The Morgan fingerprint density at radius 3 is 2.69 bits per heavy atom. The third-order valence-electron chi connectivity index (χ3n) is 5.31. The molecule has 1 aliphatic rings. The van der Waals surface area contributed by atoms with Crippen LogP contribution >= 0.6 is 0 Å². The van der Waals surface area contributed by atoms with E-state index in [1.807, 2.05) is 18.2 Å². The highest BCUT2D eigenvalue weighted by Gasteiger charge is 2.53. The van der Waals surface area contributed by atoms with E-state index in [0.29, 0.717) is 17.0 Å². The van der Waals surface area contributed by atoms with Gasteiger partial charge in [-0.05, 0) is 25.8 Å². The van der Waals surface area contributed by atoms with E-state index >= 15 is 0 Å². The zero-order valence-electron chi connectivity index (χ0n) is 16.3. The maximum atomic E-state index is 10.7. The summed E-state index contributed by atoms with van der Waals surface area (Å²) in [6.45, 7) is 3.12. The van der Waals surface area contributed by atoms with Gasteiger partial charge in [0.15, 0.2) is 23.2 Å². The minimum atomic E-state index is -1.61. The maximum absolute atomic E-state index is 10.7. The highest BCUT2D eigenvalue weighted by Crippen LogP contribution is 2.39. The quantitative estimate of drug-likeness (QED) is 0.481. The molecule has 4 N–H and O–H groups in total. The van der Waals surface area contributed by atoms with Crippen molar-refractivity contribution >= 4 is 17.0 Å². The van der Waals surface area contributed by atoms with Crippen molar-refractivity contribution in [1.82, 2.24) is 19.5 Å². The average molecular weight is 399 g/mol. The molecule has 0 saturated carbocycles. The van der Waals surface area contributed by atoms with Crippen molar-refractivity contribution in [3.05, 3.63) is 48.5 Å². The first-order valence-corrected chi connectivity index (χ1v) is 9.56. The molecule has 9 nitrogen and oxygen atoms in total. The first-order valence-electron chi connectivity index (χ1n) is 9.56. The van der Waals surface area contributed by atoms with E-state index in [-0.39, 0.29) is 6.04 Å². The van der Waals surface area contributed by atoms with Gasteiger partial charge in [-0.1, -0.05) is 30.3 Å². The van der Waals surface area contributed by atoms with Crippen LogP contribution in [0.3, 0.4) is 0 Å². The zero-order valence-corrected chi connectivity index (χ0v) is 16.3. The molecule has 4 rings (SSSR count). The summed E-state index contributed by atoms with van der Waals surface area (Å²) >= 11 is 0. The van der Waals surface area contributed by atoms with Crippen molar-refractivity contribution in [3.63, 3.8) is 0 Å². The van der Waals surface area contributed by atoms with E-state index in [1.54, 1.807) is 4.57 Å². The highest BCUT2D eigenvalue weighted by atomic mass is 16.6. The predicted molar refractivity (Wildman–Crippen MR) is 106 cm³/mol. The van der Waals surface area contributed by atoms with Crippen molar-refractivity contribution < 1.29 is 20.1 Å². The summed E-state index contributed by atoms with van der Waals surface area (Å²) in [5, 5.41) is 33.8. The molecule has 154 valence electrons. The van der Waals surface area contributed by atoms with Gasteiger partial charge in [-0.15, -0.1) is 0 Å². The fourth-order valence-corrected chi connectivity index (χ4v) is 3.77. The number of hydrogen-bond acceptors (Lipinski definition) is 8. The zero-order chi connectivity index (χ0) is 20.6. The van der Waals surface area contributed by atoms with Gasteiger partial charge in [-0.25, -0.2) is 15.0 Å². The van der Waals surface area contributed by atoms with Crippen molar-refractivity contribution in [3.8, 4) is 0 Å². The molecule has 5 atom stereocenters. The lowest BCUT2D eigenvalue weighted by Gasteiger charge is -2.27. The fraction of sp³-hybridized carbons (Fsp3) is 0.450. The molecule has 0 radical (unpaired) electrons. The number of fused-ring (bicyclic) bond motifs is 1. The number of aromatic nitrogens is 4. The second kappa shape index (κ2) is 7.68. The monoisotopic (exact) mass is 399 g/mol. The molecule has 2 aromatic heterocycles. The van der Waals surface area contributed by atoms with Crippen molar-refractivity contribution in [2.75, 3.05) is 11.9 Å². The van der Waals surface area contributed by atoms with Crippen LogP contribution in [0, 0.1) is 0 Å². The Hall–Kier alpha value is -2.59. The summed E-state index contributed by atoms with van der Waals surface area (Å²) < 4.78 is 7.24. The van der Waals surface area contributed by atoms with E-state index in [9.17, 15) is 15.3 Å². The van der Waals surface area contributed by atoms with Crippen LogP contribution in [0.25, 0.3) is 11.2 Å². The number of nitrogens with one attached hydrogen (secondary N) is 1. The molecule has 0 spiro atoms. The molecule has 1 aromatic carbocycles. The second-order valence-corrected chi connectivity index (χ2v) is 7.66. The SMILES string of the molecule is C[C@@H](Cc1ccccc1)Nc1ncnc2c1ncn2[C@@H]1O[C@H](CO)[C@@H](O)[C@@]1(C)O. The molecule has 9 heteroatoms. The van der Waals surface area contributed by atoms with Gasteiger partial charge < -0.3 is 25.4 Å². The number of nitrogens with zero attached hydrogens (tertiary/aromatic N) is 4. The maximum Gasteiger partial charge on any atom is 0.168 e. The van der Waals surface area contributed by atoms with Crippen molar-refractivity contribution in [2.24, 2.45) is 0 Å². The topological polar surface area (TPSA) is 126 Å². The van der Waals surface area contributed by atoms with Gasteiger partial charge in [-0.3, -0.25) is 4.57 Å². The Balaban J connectivity index is 1.60. The summed E-state index contributed by atoms with van der Waals surface area (Å²) in [6, 6.07) is 10.3. The third-order valence-corrected chi connectivity index (χ3v) is 5.31. The van der Waals surface area contributed by atoms with Crippen LogP contribution in [0.15, 0.2) is 43.0 Å². The Morgan fingerprint density at radius 1 is 1.24 bits per heavy atom. The van der Waals surface area contributed by atoms with Crippen molar-refractivity contribution in [2.45, 2.75) is 50.3 Å². The van der Waals surface area contributed by atoms with E-state index in [0.717, 1.165) is 6.42 Å². The summed E-state index contributed by atoms with van der Waals surface area (Å²) in [4.78, 5) is 13.0. The number of hydrogen-bond donors (Lipinski definition) is 4. The van der Waals surface area contributed by atoms with Gasteiger partial charge in [0.05, 0.1) is 12.9 Å². The Bertz CT molecular complexity index is 977. The first-order chi connectivity index (χ1) is 13.9. The number of ether oxygens (including phenoxy) is 1. The smallest absolute Gasteiger partial charge is 0.168 e. The minimum absolute atomic E-state index is 0.104. The standard InChI is InChI=1S/C20H25N5O4/c1-12(8-13-6-4-3-5-7-13)24-17-15-18(22-10-21-17)25(11-23-15)19-20(2,28)16(27)14(9-26)29-19/h3-7,10-12,14,16,19,26-28H,8-9H2,1-2H3,(H,21,22,24)/t12-,14+,16+,19+,20+/m0/s1. The number of aliphatic hydroxyl groups excluding tert-OH is 2. The van der Waals surface area contributed by atoms with E-state index in [1.165, 1.54) is 25.1 Å². The predicted octanol–water partition coefficient (Wildman–Crippen LogP) is 0.871. The normalized spacial score (nSPS) is 28.0. The van der Waals surface area contributed by atoms with Crippen LogP contribution in [-0.4, -0.2) is 65.3 Å². The third kappa shape index (κ3) is 3.58. The fourth-order valence-electron chi connectivity index (χ4n) is 3.77. The summed E-state index contributed by atoms with van der Waals surface area (Å²) in [6.07, 6.45) is 0.666. The van der Waals surface area contributed by atoms with Gasteiger partial charge in [-0.2, -0.15) is 0 Å². The van der Waals surface area contributed by atoms with E-state index in [2.05, 4.69) is 39.3 Å². The number of aliphatic hydroxyl groups is 3. The minimum Gasteiger partial charge on any atom is -0.394 e. The largest absolute Gasteiger partial charge is 0.394 e. The summed E-state index contributed by atoms with van der Waals surface area (Å²) in [7, 11) is 0. The van der Waals surface area contributed by atoms with E-state index < -0.39 is 30.6 Å². The number of rotatable bonds is 6. The average Bonchev–Trinajstić information content (AvgIpc) is 3.22. The highest BCUT2D eigenvalue weighted by molar-refractivity contribution is 5.82. The van der Waals surface area contributed by atoms with Crippen LogP contribution in [0.5, 0.6) is 0 Å². The van der Waals surface area contributed by atoms with Crippen LogP contribution in [-0.2, 0) is 11.2 Å². The van der Waals surface area contributed by atoms with Gasteiger partial charge in [0.25, 0.3) is 0 Å². The molecule has 0 aliphatic carbocycles. The molecule has 0 unspecified atom stereocenters. The van der Waals surface area contributed by atoms with Gasteiger partial charge in [0, 0.05) is 6.04 Å². The number of anilines is 1. The van der Waals surface area contributed by atoms with Crippen LogP contribution in [0.4, 0.5) is 5.82 Å². The first kappa shape index (κ1) is 19.7. The molecule has 3 heterocycles. The van der Waals surface area contributed by atoms with Crippen molar-refractivity contribution in [1.29, 1.82) is 0 Å². The number of imidazole rings is 1. The Morgan fingerprint density at radius 2 is 2.00 bits per heavy atom. The lowest BCUT2D eigenvalue weighted by molar-refractivity contribution is -0.0950. The Kier molecular flexibility index (Phi) is 5.22. The molecule has 0 amide bonds. The van der Waals surface area contributed by atoms with Crippen LogP contribution in [0.2, 0.25) is 0 Å². The summed E-state index contributed by atoms with van der Waals surface area (Å²) in [5.41, 5.74) is 0.599. The molecule has 1 fully saturated rings. The Labute approximate surface area is 168 Å². The van der Waals surface area contributed by atoms with Crippen LogP contribution < -0.4 is 5.32 Å². The van der Waals surface area contributed by atoms with Gasteiger partial charge in [0.1, 0.15) is 24.1 Å². The van der Waals surface area contributed by atoms with E-state index in [4.69, 9.17) is 4.74 Å². The molecular weight excluding hydrogens is 374 g/mol. The number of benzene rings is 1. The van der Waals surface area contributed by atoms with Crippen LogP contribution in [0.1, 0.15) is 25.6 Å². The molecular formula is C20H25N5O4. The second-order valence-electron chi connectivity index (χ2n) is 7.66. The molecule has 1 aliphatic heterocycles. The lowest BCUT2D eigenvalue weighted by atomic mass is 9.96. The molecule has 0 bridgehead atoms. The molecule has 3 aromatic rings.